The summed E-state index contributed by atoms with van der Waals surface area (Å²) in [6, 6.07) is 4.43. The molecular weight excluding hydrogens is 394 g/mol. The minimum absolute atomic E-state index is 0.0856. The Labute approximate surface area is 188 Å². The minimum Gasteiger partial charge on any atom is -0.375 e. The molecule has 0 bridgehead atoms. The smallest absolute Gasteiger partial charge is 0.240 e. The molecule has 0 saturated carbocycles. The van der Waals surface area contributed by atoms with Gasteiger partial charge in [0.2, 0.25) is 11.8 Å². The number of hydrogen-bond donors (Lipinski definition) is 0. The molecule has 0 spiro atoms. The second-order valence-electron chi connectivity index (χ2n) is 8.70. The summed E-state index contributed by atoms with van der Waals surface area (Å²) in [5, 5.41) is 0. The Morgan fingerprint density at radius 2 is 1.61 bits per heavy atom. The van der Waals surface area contributed by atoms with E-state index in [1.165, 1.54) is 0 Å². The Kier molecular flexibility index (Phi) is 11.7. The standard InChI is InChI=1S/C12H19N3O.C11H22N2O2/c1-10(2)14(3)9-12(16)15(4)11-5-7-13-8-6-11;1-9(2)12(4)8-11(14)13-5-6-15-10(3)7-13/h5-8,10H,9H2,1-4H3;9-10H,5-8H2,1-4H3/t;10-/m.0/s1. The van der Waals surface area contributed by atoms with Crippen LogP contribution in [0.2, 0.25) is 0 Å². The second kappa shape index (κ2) is 13.4. The van der Waals surface area contributed by atoms with Crippen LogP contribution in [-0.4, -0.2) is 104 Å². The van der Waals surface area contributed by atoms with Crippen LogP contribution in [0.15, 0.2) is 24.5 Å². The number of aromatic nitrogens is 1. The SMILES string of the molecule is CC(C)N(C)CC(=O)N(C)c1ccncc1.CC(C)N(C)CC(=O)N1CCO[C@@H](C)C1. The van der Waals surface area contributed by atoms with Gasteiger partial charge in [0, 0.05) is 50.3 Å². The number of anilines is 1. The first-order valence-electron chi connectivity index (χ1n) is 11.0. The van der Waals surface area contributed by atoms with Gasteiger partial charge in [0.1, 0.15) is 0 Å². The van der Waals surface area contributed by atoms with Crippen LogP contribution in [0.5, 0.6) is 0 Å². The summed E-state index contributed by atoms with van der Waals surface area (Å²) in [4.78, 5) is 35.4. The highest BCUT2D eigenvalue weighted by Crippen LogP contribution is 2.10. The van der Waals surface area contributed by atoms with Crippen LogP contribution in [0, 0.1) is 0 Å². The maximum Gasteiger partial charge on any atom is 0.240 e. The van der Waals surface area contributed by atoms with Crippen molar-refractivity contribution < 1.29 is 14.3 Å². The number of morpholine rings is 1. The van der Waals surface area contributed by atoms with E-state index in [9.17, 15) is 9.59 Å². The van der Waals surface area contributed by atoms with Crippen molar-refractivity contribution in [3.05, 3.63) is 24.5 Å². The average molecular weight is 436 g/mol. The Hall–Kier alpha value is -2.03. The van der Waals surface area contributed by atoms with Crippen LogP contribution in [-0.2, 0) is 14.3 Å². The molecule has 0 aliphatic carbocycles. The highest BCUT2D eigenvalue weighted by Gasteiger charge is 2.22. The van der Waals surface area contributed by atoms with Gasteiger partial charge in [-0.1, -0.05) is 0 Å². The van der Waals surface area contributed by atoms with Crippen molar-refractivity contribution in [2.24, 2.45) is 0 Å². The topological polar surface area (TPSA) is 69.2 Å². The second-order valence-corrected chi connectivity index (χ2v) is 8.70. The Morgan fingerprint density at radius 1 is 1.06 bits per heavy atom. The summed E-state index contributed by atoms with van der Waals surface area (Å²) >= 11 is 0. The van der Waals surface area contributed by atoms with E-state index in [4.69, 9.17) is 4.74 Å². The quantitative estimate of drug-likeness (QED) is 0.652. The Balaban J connectivity index is 0.000000311. The van der Waals surface area contributed by atoms with Crippen molar-refractivity contribution >= 4 is 17.5 Å². The maximum absolute atomic E-state index is 11.9. The van der Waals surface area contributed by atoms with E-state index in [0.717, 1.165) is 18.8 Å². The molecule has 0 N–H and O–H groups in total. The van der Waals surface area contributed by atoms with Crippen molar-refractivity contribution in [1.29, 1.82) is 0 Å². The van der Waals surface area contributed by atoms with Gasteiger partial charge in [0.25, 0.3) is 0 Å². The van der Waals surface area contributed by atoms with Gasteiger partial charge in [-0.15, -0.1) is 0 Å². The number of rotatable bonds is 7. The number of carbonyl (C=O) groups excluding carboxylic acids is 2. The largest absolute Gasteiger partial charge is 0.375 e. The van der Waals surface area contributed by atoms with Crippen LogP contribution in [0.1, 0.15) is 34.6 Å². The number of nitrogens with zero attached hydrogens (tertiary/aromatic N) is 5. The molecule has 1 atom stereocenters. The van der Waals surface area contributed by atoms with E-state index in [0.29, 0.717) is 31.8 Å². The molecule has 2 amide bonds. The lowest BCUT2D eigenvalue weighted by Gasteiger charge is -2.33. The first-order chi connectivity index (χ1) is 14.5. The number of hydrogen-bond acceptors (Lipinski definition) is 6. The summed E-state index contributed by atoms with van der Waals surface area (Å²) in [7, 11) is 5.71. The monoisotopic (exact) mass is 435 g/mol. The summed E-state index contributed by atoms with van der Waals surface area (Å²) in [6.07, 6.45) is 3.54. The third kappa shape index (κ3) is 9.76. The molecule has 8 heteroatoms. The molecule has 1 aliphatic rings. The minimum atomic E-state index is 0.0856. The zero-order chi connectivity index (χ0) is 23.6. The molecule has 0 radical (unpaired) electrons. The summed E-state index contributed by atoms with van der Waals surface area (Å²) in [5.41, 5.74) is 0.872. The van der Waals surface area contributed by atoms with E-state index in [1.807, 2.05) is 43.0 Å². The molecular formula is C23H41N5O3. The van der Waals surface area contributed by atoms with Crippen molar-refractivity contribution in [3.8, 4) is 0 Å². The fourth-order valence-corrected chi connectivity index (χ4v) is 2.75. The van der Waals surface area contributed by atoms with Gasteiger partial charge in [-0.2, -0.15) is 0 Å². The van der Waals surface area contributed by atoms with Gasteiger partial charge >= 0.3 is 0 Å². The maximum atomic E-state index is 11.9. The highest BCUT2D eigenvalue weighted by atomic mass is 16.5. The zero-order valence-corrected chi connectivity index (χ0v) is 20.5. The van der Waals surface area contributed by atoms with Crippen LogP contribution >= 0.6 is 0 Å². The molecule has 1 fully saturated rings. The number of pyridine rings is 1. The van der Waals surface area contributed by atoms with E-state index in [2.05, 4.69) is 37.6 Å². The lowest BCUT2D eigenvalue weighted by atomic mass is 10.3. The molecule has 1 aliphatic heterocycles. The molecule has 1 saturated heterocycles. The van der Waals surface area contributed by atoms with Gasteiger partial charge < -0.3 is 14.5 Å². The first-order valence-corrected chi connectivity index (χ1v) is 11.0. The molecule has 2 heterocycles. The van der Waals surface area contributed by atoms with Gasteiger partial charge in [-0.25, -0.2) is 0 Å². The van der Waals surface area contributed by atoms with Crippen LogP contribution < -0.4 is 4.90 Å². The molecule has 2 rings (SSSR count). The summed E-state index contributed by atoms with van der Waals surface area (Å²) < 4.78 is 5.40. The van der Waals surface area contributed by atoms with Gasteiger partial charge in [0.05, 0.1) is 25.8 Å². The molecule has 176 valence electrons. The number of ether oxygens (including phenoxy) is 1. The fourth-order valence-electron chi connectivity index (χ4n) is 2.75. The molecule has 31 heavy (non-hydrogen) atoms. The van der Waals surface area contributed by atoms with Crippen LogP contribution in [0.25, 0.3) is 0 Å². The number of carbonyl (C=O) groups is 2. The average Bonchev–Trinajstić information content (AvgIpc) is 2.73. The summed E-state index contributed by atoms with van der Waals surface area (Å²) in [5.74, 6) is 0.295. The summed E-state index contributed by atoms with van der Waals surface area (Å²) in [6.45, 7) is 13.4. The predicted octanol–water partition coefficient (Wildman–Crippen LogP) is 1.96. The lowest BCUT2D eigenvalue weighted by molar-refractivity contribution is -0.139. The van der Waals surface area contributed by atoms with E-state index in [1.54, 1.807) is 24.3 Å². The molecule has 1 aromatic heterocycles. The lowest BCUT2D eigenvalue weighted by Crippen LogP contribution is -2.48. The van der Waals surface area contributed by atoms with Gasteiger partial charge in [-0.3, -0.25) is 24.4 Å². The molecule has 1 aromatic rings. The highest BCUT2D eigenvalue weighted by molar-refractivity contribution is 5.94. The number of likely N-dealkylation sites (N-methyl/N-ethyl adjacent to an activating group) is 3. The van der Waals surface area contributed by atoms with Gasteiger partial charge in [0.15, 0.2) is 0 Å². The molecule has 0 aromatic carbocycles. The first kappa shape index (κ1) is 27.0. The number of amides is 2. The van der Waals surface area contributed by atoms with Crippen molar-refractivity contribution in [3.63, 3.8) is 0 Å². The van der Waals surface area contributed by atoms with Gasteiger partial charge in [-0.05, 0) is 60.8 Å². The van der Waals surface area contributed by atoms with Crippen LogP contribution in [0.4, 0.5) is 5.69 Å². The third-order valence-corrected chi connectivity index (χ3v) is 5.55. The molecule has 0 unspecified atom stereocenters. The van der Waals surface area contributed by atoms with Crippen molar-refractivity contribution in [2.75, 3.05) is 58.8 Å². The van der Waals surface area contributed by atoms with E-state index < -0.39 is 0 Å². The third-order valence-electron chi connectivity index (χ3n) is 5.55. The van der Waals surface area contributed by atoms with Crippen molar-refractivity contribution in [2.45, 2.75) is 52.8 Å². The molecule has 8 nitrogen and oxygen atoms in total. The van der Waals surface area contributed by atoms with Crippen molar-refractivity contribution in [1.82, 2.24) is 19.7 Å². The zero-order valence-electron chi connectivity index (χ0n) is 20.5. The van der Waals surface area contributed by atoms with E-state index in [-0.39, 0.29) is 17.9 Å². The Bertz CT molecular complexity index is 668. The predicted molar refractivity (Wildman–Crippen MR) is 125 cm³/mol. The van der Waals surface area contributed by atoms with Crippen LogP contribution in [0.3, 0.4) is 0 Å². The fraction of sp³-hybridized carbons (Fsp3) is 0.696. The Morgan fingerprint density at radius 3 is 2.13 bits per heavy atom. The van der Waals surface area contributed by atoms with E-state index >= 15 is 0 Å². The normalized spacial score (nSPS) is 16.5.